The van der Waals surface area contributed by atoms with Gasteiger partial charge in [0.05, 0.1) is 6.04 Å². The molecule has 30 heavy (non-hydrogen) atoms. The quantitative estimate of drug-likeness (QED) is 0.798. The lowest BCUT2D eigenvalue weighted by Crippen LogP contribution is -2.52. The van der Waals surface area contributed by atoms with Gasteiger partial charge in [0, 0.05) is 11.8 Å². The SMILES string of the molecule is O=C(CN1N=CN2NC(c3ccccc3)CC2C1=O)Nc1ccc2c(c1)OCCO2. The zero-order valence-electron chi connectivity index (χ0n) is 16.2. The minimum absolute atomic E-state index is 0.0260. The molecule has 154 valence electrons. The third-order valence-electron chi connectivity index (χ3n) is 5.28. The number of carbonyl (C=O) groups excluding carboxylic acids is 2. The molecule has 9 heteroatoms. The first-order chi connectivity index (χ1) is 14.7. The maximum Gasteiger partial charge on any atom is 0.267 e. The van der Waals surface area contributed by atoms with Crippen LogP contribution in [-0.2, 0) is 9.59 Å². The van der Waals surface area contributed by atoms with E-state index in [-0.39, 0.29) is 24.4 Å². The first-order valence-corrected chi connectivity index (χ1v) is 9.82. The standard InChI is InChI=1S/C21H21N5O4/c27-20(23-15-6-7-18-19(10-15)30-9-8-29-18)12-25-21(28)17-11-16(24-26(17)13-22-25)14-4-2-1-3-5-14/h1-7,10,13,16-17,24H,8-9,11-12H2,(H,23,27). The van der Waals surface area contributed by atoms with Crippen LogP contribution >= 0.6 is 0 Å². The van der Waals surface area contributed by atoms with Crippen LogP contribution in [0.1, 0.15) is 18.0 Å². The van der Waals surface area contributed by atoms with Crippen molar-refractivity contribution in [2.24, 2.45) is 5.10 Å². The van der Waals surface area contributed by atoms with Crippen molar-refractivity contribution in [3.8, 4) is 11.5 Å². The summed E-state index contributed by atoms with van der Waals surface area (Å²) in [6, 6.07) is 14.8. The number of amides is 2. The highest BCUT2D eigenvalue weighted by Gasteiger charge is 2.41. The van der Waals surface area contributed by atoms with E-state index in [2.05, 4.69) is 15.8 Å². The first-order valence-electron chi connectivity index (χ1n) is 9.82. The second kappa shape index (κ2) is 7.68. The van der Waals surface area contributed by atoms with E-state index in [0.29, 0.717) is 36.8 Å². The number of carbonyl (C=O) groups is 2. The van der Waals surface area contributed by atoms with Gasteiger partial charge in [-0.15, -0.1) is 0 Å². The predicted octanol–water partition coefficient (Wildman–Crippen LogP) is 1.50. The molecule has 0 radical (unpaired) electrons. The van der Waals surface area contributed by atoms with Crippen molar-refractivity contribution >= 4 is 23.8 Å². The van der Waals surface area contributed by atoms with Gasteiger partial charge in [0.1, 0.15) is 32.1 Å². The summed E-state index contributed by atoms with van der Waals surface area (Å²) in [4.78, 5) is 25.4. The van der Waals surface area contributed by atoms with Crippen molar-refractivity contribution in [3.05, 3.63) is 54.1 Å². The van der Waals surface area contributed by atoms with Gasteiger partial charge in [-0.2, -0.15) is 5.10 Å². The summed E-state index contributed by atoms with van der Waals surface area (Å²) in [6.07, 6.45) is 2.17. The highest BCUT2D eigenvalue weighted by atomic mass is 16.6. The van der Waals surface area contributed by atoms with Crippen LogP contribution < -0.4 is 20.2 Å². The van der Waals surface area contributed by atoms with Gasteiger partial charge in [0.2, 0.25) is 5.91 Å². The molecular formula is C21H21N5O4. The number of anilines is 1. The Balaban J connectivity index is 1.22. The fourth-order valence-corrected chi connectivity index (χ4v) is 3.81. The molecule has 0 spiro atoms. The van der Waals surface area contributed by atoms with E-state index < -0.39 is 6.04 Å². The van der Waals surface area contributed by atoms with Crippen LogP contribution in [-0.4, -0.2) is 54.0 Å². The lowest BCUT2D eigenvalue weighted by Gasteiger charge is -2.29. The highest BCUT2D eigenvalue weighted by molar-refractivity contribution is 5.96. The summed E-state index contributed by atoms with van der Waals surface area (Å²) in [5.41, 5.74) is 4.97. The minimum Gasteiger partial charge on any atom is -0.486 e. The summed E-state index contributed by atoms with van der Waals surface area (Å²) in [7, 11) is 0. The second-order valence-electron chi connectivity index (χ2n) is 7.28. The molecule has 5 rings (SSSR count). The Morgan fingerprint density at radius 2 is 1.93 bits per heavy atom. The molecule has 2 amide bonds. The smallest absolute Gasteiger partial charge is 0.267 e. The number of hydrogen-bond acceptors (Lipinski definition) is 7. The predicted molar refractivity (Wildman–Crippen MR) is 109 cm³/mol. The molecule has 3 aliphatic heterocycles. The molecule has 9 nitrogen and oxygen atoms in total. The molecule has 0 aromatic heterocycles. The largest absolute Gasteiger partial charge is 0.486 e. The van der Waals surface area contributed by atoms with E-state index >= 15 is 0 Å². The van der Waals surface area contributed by atoms with E-state index in [4.69, 9.17) is 9.47 Å². The number of nitrogens with zero attached hydrogens (tertiary/aromatic N) is 3. The number of benzene rings is 2. The third-order valence-corrected chi connectivity index (χ3v) is 5.28. The van der Waals surface area contributed by atoms with Crippen LogP contribution in [0, 0.1) is 0 Å². The molecule has 3 aliphatic rings. The number of nitrogens with one attached hydrogen (secondary N) is 2. The minimum atomic E-state index is -0.394. The second-order valence-corrected chi connectivity index (χ2v) is 7.28. The zero-order chi connectivity index (χ0) is 20.5. The Bertz CT molecular complexity index is 996. The van der Waals surface area contributed by atoms with Gasteiger partial charge in [-0.05, 0) is 24.1 Å². The number of hydrogen-bond donors (Lipinski definition) is 2. The van der Waals surface area contributed by atoms with Crippen LogP contribution in [0.15, 0.2) is 53.6 Å². The summed E-state index contributed by atoms with van der Waals surface area (Å²) >= 11 is 0. The molecule has 2 atom stereocenters. The molecule has 0 aliphatic carbocycles. The van der Waals surface area contributed by atoms with Crippen LogP contribution in [0.2, 0.25) is 0 Å². The Morgan fingerprint density at radius 3 is 2.77 bits per heavy atom. The lowest BCUT2D eigenvalue weighted by molar-refractivity contribution is -0.139. The average molecular weight is 407 g/mol. The van der Waals surface area contributed by atoms with Crippen LogP contribution in [0.3, 0.4) is 0 Å². The van der Waals surface area contributed by atoms with Crippen molar-refractivity contribution in [2.45, 2.75) is 18.5 Å². The summed E-state index contributed by atoms with van der Waals surface area (Å²) in [5, 5.41) is 9.86. The number of hydrazine groups is 1. The Kier molecular flexibility index (Phi) is 4.72. The van der Waals surface area contributed by atoms with Gasteiger partial charge in [-0.1, -0.05) is 30.3 Å². The van der Waals surface area contributed by atoms with Crippen molar-refractivity contribution in [1.29, 1.82) is 0 Å². The molecule has 1 fully saturated rings. The van der Waals surface area contributed by atoms with Crippen molar-refractivity contribution < 1.29 is 19.1 Å². The van der Waals surface area contributed by atoms with Crippen LogP contribution in [0.25, 0.3) is 0 Å². The highest BCUT2D eigenvalue weighted by Crippen LogP contribution is 2.33. The molecule has 2 unspecified atom stereocenters. The van der Waals surface area contributed by atoms with Gasteiger partial charge < -0.3 is 14.8 Å². The van der Waals surface area contributed by atoms with Gasteiger partial charge in [-0.25, -0.2) is 10.4 Å². The molecule has 3 heterocycles. The molecule has 2 aromatic carbocycles. The monoisotopic (exact) mass is 407 g/mol. The number of fused-ring (bicyclic) bond motifs is 2. The van der Waals surface area contributed by atoms with E-state index in [1.165, 1.54) is 5.01 Å². The van der Waals surface area contributed by atoms with E-state index in [9.17, 15) is 9.59 Å². The van der Waals surface area contributed by atoms with Crippen LogP contribution in [0.4, 0.5) is 5.69 Å². The number of ether oxygens (including phenoxy) is 2. The number of hydrazone groups is 1. The summed E-state index contributed by atoms with van der Waals surface area (Å²) in [5.74, 6) is 0.694. The molecule has 2 N–H and O–H groups in total. The molecule has 2 aromatic rings. The topological polar surface area (TPSA) is 95.5 Å². The number of rotatable bonds is 4. The van der Waals surface area contributed by atoms with Gasteiger partial charge in [0.25, 0.3) is 5.91 Å². The molecule has 1 saturated heterocycles. The van der Waals surface area contributed by atoms with E-state index in [1.807, 2.05) is 30.3 Å². The molecular weight excluding hydrogens is 386 g/mol. The average Bonchev–Trinajstić information content (AvgIpc) is 3.22. The maximum absolute atomic E-state index is 12.9. The fourth-order valence-electron chi connectivity index (χ4n) is 3.81. The summed E-state index contributed by atoms with van der Waals surface area (Å²) < 4.78 is 11.0. The van der Waals surface area contributed by atoms with Gasteiger partial charge >= 0.3 is 0 Å². The molecule has 0 saturated carbocycles. The van der Waals surface area contributed by atoms with Gasteiger partial charge in [0.15, 0.2) is 11.5 Å². The Morgan fingerprint density at radius 1 is 1.13 bits per heavy atom. The Labute approximate surface area is 173 Å². The van der Waals surface area contributed by atoms with Crippen molar-refractivity contribution in [2.75, 3.05) is 25.1 Å². The normalized spacial score (nSPS) is 22.1. The Hall–Kier alpha value is -3.59. The summed E-state index contributed by atoms with van der Waals surface area (Å²) in [6.45, 7) is 0.813. The lowest BCUT2D eigenvalue weighted by atomic mass is 10.0. The maximum atomic E-state index is 12.9. The van der Waals surface area contributed by atoms with E-state index in [1.54, 1.807) is 29.5 Å². The van der Waals surface area contributed by atoms with E-state index in [0.717, 1.165) is 5.56 Å². The zero-order valence-corrected chi connectivity index (χ0v) is 16.2. The van der Waals surface area contributed by atoms with Crippen LogP contribution in [0.5, 0.6) is 11.5 Å². The van der Waals surface area contributed by atoms with Crippen molar-refractivity contribution in [1.82, 2.24) is 15.4 Å². The molecule has 0 bridgehead atoms. The van der Waals surface area contributed by atoms with Gasteiger partial charge in [-0.3, -0.25) is 14.6 Å². The third kappa shape index (κ3) is 3.55. The van der Waals surface area contributed by atoms with Crippen molar-refractivity contribution in [3.63, 3.8) is 0 Å². The first kappa shape index (κ1) is 18.4. The fraction of sp³-hybridized carbons (Fsp3) is 0.286.